The maximum atomic E-state index is 11.9. The molecule has 0 aliphatic heterocycles. The van der Waals surface area contributed by atoms with Gasteiger partial charge in [-0.3, -0.25) is 9.69 Å². The van der Waals surface area contributed by atoms with Crippen LogP contribution in [0.1, 0.15) is 25.8 Å². The molecule has 1 N–H and O–H groups in total. The van der Waals surface area contributed by atoms with Gasteiger partial charge in [-0.2, -0.15) is 0 Å². The number of carbonyl (C=O) groups is 1. The Balaban J connectivity index is 2.57. The molecule has 0 heterocycles. The van der Waals surface area contributed by atoms with Gasteiger partial charge < -0.3 is 5.11 Å². The highest BCUT2D eigenvalue weighted by Gasteiger charge is 2.15. The number of Topliss-reactive ketones (excluding diaryl/α,β-unsaturated/α-hetero) is 1. The normalized spacial score (nSPS) is 12.7. The SMILES string of the molecule is CCC(C)C(=O)CN(CCO)Cc1ccccc1. The molecule has 18 heavy (non-hydrogen) atoms. The summed E-state index contributed by atoms with van der Waals surface area (Å²) in [5, 5.41) is 9.07. The molecule has 0 aliphatic rings. The van der Waals surface area contributed by atoms with Crippen molar-refractivity contribution >= 4 is 5.78 Å². The van der Waals surface area contributed by atoms with E-state index in [1.165, 1.54) is 5.56 Å². The molecule has 1 unspecified atom stereocenters. The van der Waals surface area contributed by atoms with Crippen LogP contribution < -0.4 is 0 Å². The first kappa shape index (κ1) is 14.9. The number of aliphatic hydroxyl groups excluding tert-OH is 1. The van der Waals surface area contributed by atoms with Crippen molar-refractivity contribution in [2.24, 2.45) is 5.92 Å². The van der Waals surface area contributed by atoms with Crippen LogP contribution in [-0.2, 0) is 11.3 Å². The van der Waals surface area contributed by atoms with Gasteiger partial charge in [0.15, 0.2) is 0 Å². The van der Waals surface area contributed by atoms with Gasteiger partial charge in [0, 0.05) is 19.0 Å². The highest BCUT2D eigenvalue weighted by molar-refractivity contribution is 5.82. The summed E-state index contributed by atoms with van der Waals surface area (Å²) in [4.78, 5) is 13.9. The maximum Gasteiger partial charge on any atom is 0.149 e. The van der Waals surface area contributed by atoms with Gasteiger partial charge in [-0.05, 0) is 12.0 Å². The molecule has 0 radical (unpaired) electrons. The van der Waals surface area contributed by atoms with Crippen molar-refractivity contribution in [1.29, 1.82) is 0 Å². The minimum absolute atomic E-state index is 0.0839. The van der Waals surface area contributed by atoms with Crippen LogP contribution in [0, 0.1) is 5.92 Å². The van der Waals surface area contributed by atoms with Crippen LogP contribution in [0.2, 0.25) is 0 Å². The fraction of sp³-hybridized carbons (Fsp3) is 0.533. The van der Waals surface area contributed by atoms with Crippen LogP contribution in [0.3, 0.4) is 0 Å². The molecule has 1 aromatic carbocycles. The third-order valence-corrected chi connectivity index (χ3v) is 3.21. The molecule has 3 heteroatoms. The van der Waals surface area contributed by atoms with E-state index in [2.05, 4.69) is 0 Å². The predicted octanol–water partition coefficient (Wildman–Crippen LogP) is 2.10. The first-order chi connectivity index (χ1) is 8.67. The second-order valence-electron chi connectivity index (χ2n) is 4.70. The molecule has 0 aromatic heterocycles. The van der Waals surface area contributed by atoms with Crippen LogP contribution in [0.4, 0.5) is 0 Å². The third-order valence-electron chi connectivity index (χ3n) is 3.21. The monoisotopic (exact) mass is 249 g/mol. The van der Waals surface area contributed by atoms with Crippen molar-refractivity contribution in [2.45, 2.75) is 26.8 Å². The van der Waals surface area contributed by atoms with Gasteiger partial charge in [-0.1, -0.05) is 44.2 Å². The fourth-order valence-corrected chi connectivity index (χ4v) is 1.80. The van der Waals surface area contributed by atoms with Crippen molar-refractivity contribution in [2.75, 3.05) is 19.7 Å². The molecule has 100 valence electrons. The summed E-state index contributed by atoms with van der Waals surface area (Å²) < 4.78 is 0. The second kappa shape index (κ2) is 8.01. The lowest BCUT2D eigenvalue weighted by Gasteiger charge is -2.22. The minimum atomic E-state index is 0.0839. The Hall–Kier alpha value is -1.19. The molecule has 0 saturated carbocycles. The average molecular weight is 249 g/mol. The second-order valence-corrected chi connectivity index (χ2v) is 4.70. The molecule has 1 rings (SSSR count). The van der Waals surface area contributed by atoms with Crippen LogP contribution in [0.5, 0.6) is 0 Å². The molecule has 1 aromatic rings. The van der Waals surface area contributed by atoms with E-state index >= 15 is 0 Å². The van der Waals surface area contributed by atoms with Crippen molar-refractivity contribution in [3.05, 3.63) is 35.9 Å². The van der Waals surface area contributed by atoms with Gasteiger partial charge in [0.05, 0.1) is 13.2 Å². The Bertz CT molecular complexity index is 351. The lowest BCUT2D eigenvalue weighted by Crippen LogP contribution is -2.34. The van der Waals surface area contributed by atoms with E-state index in [9.17, 15) is 4.79 Å². The maximum absolute atomic E-state index is 11.9. The summed E-state index contributed by atoms with van der Waals surface area (Å²) in [6.45, 7) is 5.74. The molecule has 0 fully saturated rings. The smallest absolute Gasteiger partial charge is 0.149 e. The molecule has 0 spiro atoms. The third kappa shape index (κ3) is 4.98. The predicted molar refractivity (Wildman–Crippen MR) is 73.3 cm³/mol. The molecule has 0 bridgehead atoms. The van der Waals surface area contributed by atoms with Crippen LogP contribution in [0.15, 0.2) is 30.3 Å². The number of carbonyl (C=O) groups excluding carboxylic acids is 1. The van der Waals surface area contributed by atoms with Gasteiger partial charge >= 0.3 is 0 Å². The first-order valence-electron chi connectivity index (χ1n) is 6.57. The highest BCUT2D eigenvalue weighted by Crippen LogP contribution is 2.08. The minimum Gasteiger partial charge on any atom is -0.395 e. The Morgan fingerprint density at radius 2 is 2.00 bits per heavy atom. The summed E-state index contributed by atoms with van der Waals surface area (Å²) in [5.74, 6) is 0.351. The zero-order chi connectivity index (χ0) is 13.4. The topological polar surface area (TPSA) is 40.5 Å². The molecule has 1 atom stereocenters. The Labute approximate surface area is 109 Å². The largest absolute Gasteiger partial charge is 0.395 e. The standard InChI is InChI=1S/C15H23NO2/c1-3-13(2)15(18)12-16(9-10-17)11-14-7-5-4-6-8-14/h4-8,13,17H,3,9-12H2,1-2H3. The summed E-state index contributed by atoms with van der Waals surface area (Å²) >= 11 is 0. The molecule has 0 saturated heterocycles. The molecular formula is C15H23NO2. The Morgan fingerprint density at radius 3 is 2.56 bits per heavy atom. The van der Waals surface area contributed by atoms with E-state index in [1.54, 1.807) is 0 Å². The zero-order valence-electron chi connectivity index (χ0n) is 11.3. The Kier molecular flexibility index (Phi) is 6.61. The molecule has 0 amide bonds. The van der Waals surface area contributed by atoms with Crippen molar-refractivity contribution in [3.8, 4) is 0 Å². The van der Waals surface area contributed by atoms with Gasteiger partial charge in [0.2, 0.25) is 0 Å². The highest BCUT2D eigenvalue weighted by atomic mass is 16.3. The quantitative estimate of drug-likeness (QED) is 0.767. The van der Waals surface area contributed by atoms with Gasteiger partial charge in [-0.25, -0.2) is 0 Å². The number of hydrogen-bond acceptors (Lipinski definition) is 3. The lowest BCUT2D eigenvalue weighted by molar-refractivity contribution is -0.123. The zero-order valence-corrected chi connectivity index (χ0v) is 11.3. The van der Waals surface area contributed by atoms with Gasteiger partial charge in [-0.15, -0.1) is 0 Å². The summed E-state index contributed by atoms with van der Waals surface area (Å²) in [6, 6.07) is 10.0. The van der Waals surface area contributed by atoms with Crippen molar-refractivity contribution in [3.63, 3.8) is 0 Å². The summed E-state index contributed by atoms with van der Waals surface area (Å²) in [5.41, 5.74) is 1.17. The van der Waals surface area contributed by atoms with Gasteiger partial charge in [0.1, 0.15) is 5.78 Å². The first-order valence-corrected chi connectivity index (χ1v) is 6.57. The van der Waals surface area contributed by atoms with Gasteiger partial charge in [0.25, 0.3) is 0 Å². The number of ketones is 1. The van der Waals surface area contributed by atoms with E-state index in [-0.39, 0.29) is 18.3 Å². The number of benzene rings is 1. The fourth-order valence-electron chi connectivity index (χ4n) is 1.80. The van der Waals surface area contributed by atoms with E-state index in [4.69, 9.17) is 5.11 Å². The summed E-state index contributed by atoms with van der Waals surface area (Å²) in [6.07, 6.45) is 0.872. The van der Waals surface area contributed by atoms with E-state index < -0.39 is 0 Å². The number of nitrogens with zero attached hydrogens (tertiary/aromatic N) is 1. The summed E-state index contributed by atoms with van der Waals surface area (Å²) in [7, 11) is 0. The number of hydrogen-bond donors (Lipinski definition) is 1. The van der Waals surface area contributed by atoms with E-state index in [0.717, 1.165) is 6.42 Å². The molecule has 0 aliphatic carbocycles. The Morgan fingerprint density at radius 1 is 1.33 bits per heavy atom. The molecular weight excluding hydrogens is 226 g/mol. The van der Waals surface area contributed by atoms with Crippen molar-refractivity contribution < 1.29 is 9.90 Å². The average Bonchev–Trinajstić information content (AvgIpc) is 2.39. The van der Waals surface area contributed by atoms with E-state index in [1.807, 2.05) is 49.1 Å². The van der Waals surface area contributed by atoms with Crippen molar-refractivity contribution in [1.82, 2.24) is 4.90 Å². The lowest BCUT2D eigenvalue weighted by atomic mass is 10.0. The van der Waals surface area contributed by atoms with Crippen LogP contribution >= 0.6 is 0 Å². The van der Waals surface area contributed by atoms with Crippen LogP contribution in [0.25, 0.3) is 0 Å². The number of aliphatic hydroxyl groups is 1. The van der Waals surface area contributed by atoms with Crippen LogP contribution in [-0.4, -0.2) is 35.5 Å². The van der Waals surface area contributed by atoms with E-state index in [0.29, 0.717) is 19.6 Å². The number of rotatable bonds is 8. The molecule has 3 nitrogen and oxygen atoms in total.